The van der Waals surface area contributed by atoms with Crippen LogP contribution in [0.1, 0.15) is 31.4 Å². The van der Waals surface area contributed by atoms with Crippen molar-refractivity contribution in [2.45, 2.75) is 31.9 Å². The molecule has 1 N–H and O–H groups in total. The fourth-order valence-corrected chi connectivity index (χ4v) is 2.65. The Balaban J connectivity index is 1.90. The van der Waals surface area contributed by atoms with Gasteiger partial charge in [-0.2, -0.15) is 0 Å². The van der Waals surface area contributed by atoms with Gasteiger partial charge in [0.1, 0.15) is 18.2 Å². The molecule has 1 aromatic carbocycles. The highest BCUT2D eigenvalue weighted by Crippen LogP contribution is 2.26. The number of carboxylic acids is 1. The van der Waals surface area contributed by atoms with Gasteiger partial charge in [0, 0.05) is 25.2 Å². The van der Waals surface area contributed by atoms with E-state index in [1.807, 2.05) is 6.92 Å². The van der Waals surface area contributed by atoms with E-state index in [0.717, 1.165) is 18.9 Å². The van der Waals surface area contributed by atoms with E-state index in [-0.39, 0.29) is 18.8 Å². The second-order valence-electron chi connectivity index (χ2n) is 5.32. The molecule has 1 aliphatic heterocycles. The van der Waals surface area contributed by atoms with Crippen LogP contribution in [0.5, 0.6) is 0 Å². The van der Waals surface area contributed by atoms with Gasteiger partial charge in [-0.25, -0.2) is 13.6 Å². The van der Waals surface area contributed by atoms with Gasteiger partial charge in [0.05, 0.1) is 6.10 Å². The molecule has 6 heteroatoms. The van der Waals surface area contributed by atoms with Gasteiger partial charge in [-0.15, -0.1) is 0 Å². The molecule has 1 saturated heterocycles. The Morgan fingerprint density at radius 2 is 1.90 bits per heavy atom. The van der Waals surface area contributed by atoms with E-state index in [0.29, 0.717) is 18.7 Å². The zero-order chi connectivity index (χ0) is 15.4. The van der Waals surface area contributed by atoms with E-state index in [1.54, 1.807) is 0 Å². The zero-order valence-electron chi connectivity index (χ0n) is 11.9. The summed E-state index contributed by atoms with van der Waals surface area (Å²) >= 11 is 0. The van der Waals surface area contributed by atoms with Gasteiger partial charge in [0.25, 0.3) is 0 Å². The lowest BCUT2D eigenvalue weighted by atomic mass is 10.0. The summed E-state index contributed by atoms with van der Waals surface area (Å²) < 4.78 is 31.8. The number of piperidine rings is 1. The van der Waals surface area contributed by atoms with Crippen molar-refractivity contribution < 1.29 is 23.4 Å². The van der Waals surface area contributed by atoms with Crippen LogP contribution in [0.3, 0.4) is 0 Å². The first-order valence-corrected chi connectivity index (χ1v) is 6.99. The van der Waals surface area contributed by atoms with Crippen LogP contribution < -0.4 is 0 Å². The lowest BCUT2D eigenvalue weighted by Crippen LogP contribution is -2.39. The van der Waals surface area contributed by atoms with E-state index in [9.17, 15) is 13.6 Å². The number of likely N-dealkylation sites (tertiary alicyclic amines) is 1. The second-order valence-corrected chi connectivity index (χ2v) is 5.32. The van der Waals surface area contributed by atoms with Crippen molar-refractivity contribution in [1.29, 1.82) is 0 Å². The fourth-order valence-electron chi connectivity index (χ4n) is 2.65. The highest BCUT2D eigenvalue weighted by atomic mass is 19.1. The number of nitrogens with zero attached hydrogens (tertiary/aromatic N) is 1. The molecule has 0 radical (unpaired) electrons. The monoisotopic (exact) mass is 299 g/mol. The molecule has 0 bridgehead atoms. The summed E-state index contributed by atoms with van der Waals surface area (Å²) in [5.41, 5.74) is 0.609. The first kappa shape index (κ1) is 15.9. The van der Waals surface area contributed by atoms with Gasteiger partial charge in [0.15, 0.2) is 0 Å². The first-order valence-electron chi connectivity index (χ1n) is 6.99. The van der Waals surface area contributed by atoms with Crippen LogP contribution in [0.25, 0.3) is 0 Å². The van der Waals surface area contributed by atoms with Crippen molar-refractivity contribution in [3.8, 4) is 0 Å². The molecule has 0 spiro atoms. The van der Waals surface area contributed by atoms with Crippen LogP contribution >= 0.6 is 0 Å². The Morgan fingerprint density at radius 3 is 2.43 bits per heavy atom. The lowest BCUT2D eigenvalue weighted by Gasteiger charge is -2.36. The minimum atomic E-state index is -0.971. The van der Waals surface area contributed by atoms with Crippen LogP contribution in [-0.4, -0.2) is 41.8 Å². The predicted molar refractivity (Wildman–Crippen MR) is 73.0 cm³/mol. The topological polar surface area (TPSA) is 49.8 Å². The van der Waals surface area contributed by atoms with E-state index < -0.39 is 17.6 Å². The molecule has 1 aromatic rings. The Labute approximate surface area is 122 Å². The largest absolute Gasteiger partial charge is 0.480 e. The quantitative estimate of drug-likeness (QED) is 0.908. The minimum absolute atomic E-state index is 0.0613. The van der Waals surface area contributed by atoms with E-state index in [2.05, 4.69) is 4.90 Å². The van der Waals surface area contributed by atoms with Gasteiger partial charge in [-0.3, -0.25) is 4.90 Å². The van der Waals surface area contributed by atoms with Crippen LogP contribution in [-0.2, 0) is 9.53 Å². The van der Waals surface area contributed by atoms with Crippen LogP contribution in [0, 0.1) is 11.6 Å². The van der Waals surface area contributed by atoms with Crippen molar-refractivity contribution in [1.82, 2.24) is 4.90 Å². The molecule has 116 valence electrons. The van der Waals surface area contributed by atoms with Gasteiger partial charge >= 0.3 is 5.97 Å². The fraction of sp³-hybridized carbons (Fsp3) is 0.533. The highest BCUT2D eigenvalue weighted by Gasteiger charge is 2.24. The Hall–Kier alpha value is -1.53. The Kier molecular flexibility index (Phi) is 5.25. The molecule has 0 amide bonds. The highest BCUT2D eigenvalue weighted by molar-refractivity contribution is 5.68. The third kappa shape index (κ3) is 4.47. The summed E-state index contributed by atoms with van der Waals surface area (Å²) in [7, 11) is 0. The second kappa shape index (κ2) is 6.95. The number of ether oxygens (including phenoxy) is 1. The molecule has 21 heavy (non-hydrogen) atoms. The van der Waals surface area contributed by atoms with Gasteiger partial charge in [0.2, 0.25) is 0 Å². The molecule has 1 fully saturated rings. The average molecular weight is 299 g/mol. The van der Waals surface area contributed by atoms with Crippen molar-refractivity contribution in [2.75, 3.05) is 19.7 Å². The maximum Gasteiger partial charge on any atom is 0.329 e. The molecule has 0 aromatic heterocycles. The van der Waals surface area contributed by atoms with Crippen molar-refractivity contribution in [3.05, 3.63) is 35.4 Å². The number of aliphatic carboxylic acids is 1. The molecule has 1 unspecified atom stereocenters. The molecule has 1 aliphatic rings. The van der Waals surface area contributed by atoms with E-state index >= 15 is 0 Å². The predicted octanol–water partition coefficient (Wildman–Crippen LogP) is 2.59. The average Bonchev–Trinajstić information content (AvgIpc) is 2.44. The van der Waals surface area contributed by atoms with Crippen molar-refractivity contribution >= 4 is 5.97 Å². The molecular weight excluding hydrogens is 280 g/mol. The summed E-state index contributed by atoms with van der Waals surface area (Å²) in [5.74, 6) is -2.12. The van der Waals surface area contributed by atoms with Gasteiger partial charge in [-0.05, 0) is 37.5 Å². The summed E-state index contributed by atoms with van der Waals surface area (Å²) in [5, 5.41) is 8.58. The molecule has 1 atom stereocenters. The number of carboxylic acid groups (broad SMARTS) is 1. The molecule has 0 aliphatic carbocycles. The number of hydrogen-bond donors (Lipinski definition) is 1. The van der Waals surface area contributed by atoms with Crippen LogP contribution in [0.2, 0.25) is 0 Å². The maximum atomic E-state index is 13.3. The third-order valence-electron chi connectivity index (χ3n) is 3.83. The van der Waals surface area contributed by atoms with E-state index in [1.165, 1.54) is 12.1 Å². The van der Waals surface area contributed by atoms with Crippen molar-refractivity contribution in [3.63, 3.8) is 0 Å². The summed E-state index contributed by atoms with van der Waals surface area (Å²) in [6, 6.07) is 3.47. The molecule has 1 heterocycles. The summed E-state index contributed by atoms with van der Waals surface area (Å²) in [6.07, 6.45) is 1.37. The smallest absolute Gasteiger partial charge is 0.329 e. The van der Waals surface area contributed by atoms with E-state index in [4.69, 9.17) is 9.84 Å². The number of carbonyl (C=O) groups is 1. The normalized spacial score (nSPS) is 18.6. The van der Waals surface area contributed by atoms with Gasteiger partial charge in [-0.1, -0.05) is 0 Å². The van der Waals surface area contributed by atoms with Crippen molar-refractivity contribution in [2.24, 2.45) is 0 Å². The minimum Gasteiger partial charge on any atom is -0.480 e. The number of hydrogen-bond acceptors (Lipinski definition) is 3. The summed E-state index contributed by atoms with van der Waals surface area (Å²) in [6.45, 7) is 3.05. The number of benzene rings is 1. The van der Waals surface area contributed by atoms with Crippen LogP contribution in [0.15, 0.2) is 18.2 Å². The first-order chi connectivity index (χ1) is 9.95. The number of halogens is 2. The Bertz CT molecular complexity index is 481. The summed E-state index contributed by atoms with van der Waals surface area (Å²) in [4.78, 5) is 12.6. The maximum absolute atomic E-state index is 13.3. The third-order valence-corrected chi connectivity index (χ3v) is 3.83. The SMILES string of the molecule is CC(c1cc(F)cc(F)c1)N1CCC(OCC(=O)O)CC1. The van der Waals surface area contributed by atoms with Crippen LogP contribution in [0.4, 0.5) is 8.78 Å². The Morgan fingerprint density at radius 1 is 1.33 bits per heavy atom. The lowest BCUT2D eigenvalue weighted by molar-refractivity contribution is -0.145. The number of rotatable bonds is 5. The standard InChI is InChI=1S/C15H19F2NO3/c1-10(11-6-12(16)8-13(17)7-11)18-4-2-14(3-5-18)21-9-15(19)20/h6-8,10,14H,2-5,9H2,1H3,(H,19,20). The molecular formula is C15H19F2NO3. The molecule has 4 nitrogen and oxygen atoms in total. The van der Waals surface area contributed by atoms with Gasteiger partial charge < -0.3 is 9.84 Å². The zero-order valence-corrected chi connectivity index (χ0v) is 11.9. The molecule has 0 saturated carbocycles. The molecule has 2 rings (SSSR count).